The summed E-state index contributed by atoms with van der Waals surface area (Å²) in [4.78, 5) is 9.20. The molecule has 0 aliphatic carbocycles. The van der Waals surface area contributed by atoms with Crippen molar-refractivity contribution in [3.8, 4) is 5.75 Å². The van der Waals surface area contributed by atoms with Crippen molar-refractivity contribution in [1.82, 2.24) is 20.2 Å². The first-order chi connectivity index (χ1) is 17.4. The molecule has 3 N–H and O–H groups in total. The molecule has 8 nitrogen and oxygen atoms in total. The highest BCUT2D eigenvalue weighted by atomic mass is 28.4. The molecule has 0 saturated heterocycles. The number of aryl methyl sites for hydroxylation is 1. The van der Waals surface area contributed by atoms with Crippen LogP contribution in [0.5, 0.6) is 5.75 Å². The minimum Gasteiger partial charge on any atom is -0.491 e. The fraction of sp³-hybridized carbons (Fsp3) is 0.370. The largest absolute Gasteiger partial charge is 0.491 e. The van der Waals surface area contributed by atoms with Gasteiger partial charge in [-0.15, -0.1) is 0 Å². The third-order valence-corrected chi connectivity index (χ3v) is 11.2. The van der Waals surface area contributed by atoms with Crippen molar-refractivity contribution in [1.29, 1.82) is 0 Å². The standard InChI is InChI=1S/C27H34FN5O3Si/c1-17-15-23(33-32-17)30-25-21-12-11-20(35-13-14-36-37(5,6)27(2,3)4)16-22(21)29-26(31-25)24(34)18-7-9-19(28)10-8-18/h7-12,15-16,24,34H,13-14H2,1-6H3,(H2,29,30,31,32,33)/t24-/m1/s1. The number of hydrogen-bond acceptors (Lipinski definition) is 7. The summed E-state index contributed by atoms with van der Waals surface area (Å²) < 4.78 is 25.6. The van der Waals surface area contributed by atoms with E-state index in [4.69, 9.17) is 9.16 Å². The fourth-order valence-electron chi connectivity index (χ4n) is 3.51. The van der Waals surface area contributed by atoms with Crippen LogP contribution in [0.1, 0.15) is 44.0 Å². The lowest BCUT2D eigenvalue weighted by Gasteiger charge is -2.36. The van der Waals surface area contributed by atoms with E-state index in [0.717, 1.165) is 11.1 Å². The normalized spacial score (nSPS) is 13.1. The monoisotopic (exact) mass is 523 g/mol. The molecule has 4 aromatic rings. The van der Waals surface area contributed by atoms with Crippen molar-refractivity contribution < 1.29 is 18.7 Å². The quantitative estimate of drug-likeness (QED) is 0.182. The van der Waals surface area contributed by atoms with Crippen LogP contribution in [-0.2, 0) is 4.43 Å². The molecule has 10 heteroatoms. The summed E-state index contributed by atoms with van der Waals surface area (Å²) in [6, 6.07) is 13.0. The Morgan fingerprint density at radius 2 is 1.78 bits per heavy atom. The number of nitrogens with zero attached hydrogens (tertiary/aromatic N) is 3. The molecule has 2 aromatic carbocycles. The van der Waals surface area contributed by atoms with E-state index < -0.39 is 14.4 Å². The number of halogens is 1. The van der Waals surface area contributed by atoms with Crippen LogP contribution >= 0.6 is 0 Å². The van der Waals surface area contributed by atoms with Gasteiger partial charge in [-0.1, -0.05) is 32.9 Å². The van der Waals surface area contributed by atoms with E-state index in [-0.39, 0.29) is 16.7 Å². The number of aliphatic hydroxyl groups excluding tert-OH is 1. The third-order valence-electron chi connectivity index (χ3n) is 6.69. The van der Waals surface area contributed by atoms with Crippen LogP contribution in [0.3, 0.4) is 0 Å². The molecule has 1 atom stereocenters. The number of aliphatic hydroxyl groups is 1. The first-order valence-electron chi connectivity index (χ1n) is 12.2. The lowest BCUT2D eigenvalue weighted by molar-refractivity contribution is 0.203. The van der Waals surface area contributed by atoms with E-state index in [2.05, 4.69) is 59.3 Å². The molecule has 0 amide bonds. The van der Waals surface area contributed by atoms with E-state index in [1.165, 1.54) is 24.3 Å². The first-order valence-corrected chi connectivity index (χ1v) is 15.1. The molecule has 0 saturated carbocycles. The Kier molecular flexibility index (Phi) is 7.63. The number of hydrogen-bond donors (Lipinski definition) is 3. The minimum atomic E-state index is -1.85. The van der Waals surface area contributed by atoms with E-state index in [1.807, 2.05) is 31.2 Å². The summed E-state index contributed by atoms with van der Waals surface area (Å²) >= 11 is 0. The molecular formula is C27H34FN5O3Si. The van der Waals surface area contributed by atoms with Crippen molar-refractivity contribution >= 4 is 30.9 Å². The Labute approximate surface area is 217 Å². The molecule has 0 radical (unpaired) electrons. The van der Waals surface area contributed by atoms with E-state index in [0.29, 0.717) is 41.7 Å². The Balaban J connectivity index is 1.61. The highest BCUT2D eigenvalue weighted by molar-refractivity contribution is 6.74. The van der Waals surface area contributed by atoms with Gasteiger partial charge in [0.15, 0.2) is 20.0 Å². The second-order valence-electron chi connectivity index (χ2n) is 10.6. The summed E-state index contributed by atoms with van der Waals surface area (Å²) in [6.45, 7) is 13.8. The Morgan fingerprint density at radius 1 is 1.05 bits per heavy atom. The van der Waals surface area contributed by atoms with Crippen LogP contribution in [0.15, 0.2) is 48.5 Å². The van der Waals surface area contributed by atoms with Gasteiger partial charge in [0.1, 0.15) is 30.1 Å². The number of benzene rings is 2. The second-order valence-corrected chi connectivity index (χ2v) is 15.4. The molecule has 2 heterocycles. The summed E-state index contributed by atoms with van der Waals surface area (Å²) in [7, 11) is -1.85. The smallest absolute Gasteiger partial charge is 0.192 e. The number of fused-ring (bicyclic) bond motifs is 1. The van der Waals surface area contributed by atoms with Crippen LogP contribution < -0.4 is 10.1 Å². The van der Waals surface area contributed by atoms with E-state index >= 15 is 0 Å². The SMILES string of the molecule is Cc1cc(Nc2nc([C@H](O)c3ccc(F)cc3)nc3cc(OCCO[Si](C)(C)C(C)(C)C)ccc23)n[nH]1. The van der Waals surface area contributed by atoms with Gasteiger partial charge >= 0.3 is 0 Å². The van der Waals surface area contributed by atoms with Gasteiger partial charge in [-0.2, -0.15) is 5.10 Å². The van der Waals surface area contributed by atoms with E-state index in [1.54, 1.807) is 0 Å². The molecule has 196 valence electrons. The number of ether oxygens (including phenoxy) is 1. The van der Waals surface area contributed by atoms with Gasteiger partial charge in [0.05, 0.1) is 12.1 Å². The van der Waals surface area contributed by atoms with Crippen LogP contribution in [-0.4, -0.2) is 46.8 Å². The van der Waals surface area contributed by atoms with Crippen LogP contribution in [0.25, 0.3) is 10.9 Å². The molecule has 0 bridgehead atoms. The Bertz CT molecular complexity index is 1370. The Hall–Kier alpha value is -3.34. The van der Waals surface area contributed by atoms with Crippen molar-refractivity contribution in [2.24, 2.45) is 0 Å². The zero-order chi connectivity index (χ0) is 26.8. The maximum atomic E-state index is 13.4. The second kappa shape index (κ2) is 10.6. The Morgan fingerprint density at radius 3 is 2.43 bits per heavy atom. The van der Waals surface area contributed by atoms with Gasteiger partial charge in [-0.25, -0.2) is 14.4 Å². The lowest BCUT2D eigenvalue weighted by Crippen LogP contribution is -2.41. The summed E-state index contributed by atoms with van der Waals surface area (Å²) in [6.07, 6.45) is -1.14. The number of aromatic nitrogens is 4. The van der Waals surface area contributed by atoms with Gasteiger partial charge in [0, 0.05) is 23.2 Å². The van der Waals surface area contributed by atoms with Gasteiger partial charge in [0.2, 0.25) is 0 Å². The van der Waals surface area contributed by atoms with Crippen molar-refractivity contribution in [3.63, 3.8) is 0 Å². The average Bonchev–Trinajstić information content (AvgIpc) is 3.25. The molecular weight excluding hydrogens is 489 g/mol. The van der Waals surface area contributed by atoms with Gasteiger partial charge in [-0.3, -0.25) is 5.10 Å². The van der Waals surface area contributed by atoms with Gasteiger partial charge in [0.25, 0.3) is 0 Å². The number of rotatable bonds is 9. The number of H-pyrrole nitrogens is 1. The molecule has 0 aliphatic heterocycles. The summed E-state index contributed by atoms with van der Waals surface area (Å²) in [5.41, 5.74) is 1.96. The number of aromatic amines is 1. The number of nitrogens with one attached hydrogen (secondary N) is 2. The van der Waals surface area contributed by atoms with Gasteiger partial charge in [-0.05, 0) is 54.9 Å². The molecule has 37 heavy (non-hydrogen) atoms. The lowest BCUT2D eigenvalue weighted by atomic mass is 10.1. The van der Waals surface area contributed by atoms with E-state index in [9.17, 15) is 9.50 Å². The molecule has 0 fully saturated rings. The topological polar surface area (TPSA) is 105 Å². The maximum absolute atomic E-state index is 13.4. The summed E-state index contributed by atoms with van der Waals surface area (Å²) in [5.74, 6) is 1.50. The first kappa shape index (κ1) is 26.7. The predicted molar refractivity (Wildman–Crippen MR) is 145 cm³/mol. The van der Waals surface area contributed by atoms with Crippen molar-refractivity contribution in [2.75, 3.05) is 18.5 Å². The predicted octanol–water partition coefficient (Wildman–Crippen LogP) is 6.03. The van der Waals surface area contributed by atoms with Crippen molar-refractivity contribution in [2.45, 2.75) is 51.9 Å². The molecule has 4 rings (SSSR count). The zero-order valence-corrected chi connectivity index (χ0v) is 23.1. The molecule has 0 spiro atoms. The number of anilines is 2. The van der Waals surface area contributed by atoms with Crippen LogP contribution in [0.4, 0.5) is 16.0 Å². The zero-order valence-electron chi connectivity index (χ0n) is 22.1. The summed E-state index contributed by atoms with van der Waals surface area (Å²) in [5, 5.41) is 22.2. The average molecular weight is 524 g/mol. The van der Waals surface area contributed by atoms with Crippen LogP contribution in [0, 0.1) is 12.7 Å². The maximum Gasteiger partial charge on any atom is 0.192 e. The van der Waals surface area contributed by atoms with Crippen molar-refractivity contribution in [3.05, 3.63) is 71.4 Å². The molecule has 2 aromatic heterocycles. The highest BCUT2D eigenvalue weighted by Gasteiger charge is 2.36. The molecule has 0 aliphatic rings. The minimum absolute atomic E-state index is 0.130. The van der Waals surface area contributed by atoms with Gasteiger partial charge < -0.3 is 19.6 Å². The fourth-order valence-corrected chi connectivity index (χ4v) is 4.53. The molecule has 0 unspecified atom stereocenters. The third kappa shape index (κ3) is 6.33. The highest BCUT2D eigenvalue weighted by Crippen LogP contribution is 2.36. The van der Waals surface area contributed by atoms with Crippen LogP contribution in [0.2, 0.25) is 18.1 Å².